The molecule has 0 spiro atoms. The highest BCUT2D eigenvalue weighted by Crippen LogP contribution is 2.34. The molecular weight excluding hydrogens is 364 g/mol. The Morgan fingerprint density at radius 2 is 1.93 bits per heavy atom. The van der Waals surface area contributed by atoms with E-state index < -0.39 is 11.8 Å². The maximum absolute atomic E-state index is 11.0. The van der Waals surface area contributed by atoms with Gasteiger partial charge < -0.3 is 15.6 Å². The van der Waals surface area contributed by atoms with E-state index in [4.69, 9.17) is 10.5 Å². The predicted molar refractivity (Wildman–Crippen MR) is 113 cm³/mol. The molecule has 3 aromatic rings. The van der Waals surface area contributed by atoms with Crippen molar-refractivity contribution in [2.24, 2.45) is 5.73 Å². The van der Waals surface area contributed by atoms with Gasteiger partial charge in [0.25, 0.3) is 0 Å². The zero-order valence-electron chi connectivity index (χ0n) is 17.2. The van der Waals surface area contributed by atoms with Crippen LogP contribution >= 0.6 is 0 Å². The molecule has 2 aromatic carbocycles. The molecule has 0 amide bonds. The Morgan fingerprint density at radius 3 is 2.66 bits per heavy atom. The maximum Gasteiger partial charge on any atom is 0.167 e. The highest BCUT2D eigenvalue weighted by molar-refractivity contribution is 5.60. The number of nitrogens with two attached hydrogens (primary N) is 1. The lowest BCUT2D eigenvalue weighted by Gasteiger charge is -2.38. The van der Waals surface area contributed by atoms with Crippen LogP contribution in [0.4, 0.5) is 0 Å². The second kappa shape index (κ2) is 7.61. The van der Waals surface area contributed by atoms with Gasteiger partial charge in [0, 0.05) is 5.56 Å². The molecule has 0 saturated heterocycles. The molecule has 1 aliphatic rings. The van der Waals surface area contributed by atoms with E-state index in [1.54, 1.807) is 6.20 Å². The van der Waals surface area contributed by atoms with E-state index in [0.717, 1.165) is 23.3 Å². The minimum Gasteiger partial charge on any atom is -0.491 e. The maximum atomic E-state index is 11.0. The summed E-state index contributed by atoms with van der Waals surface area (Å²) in [7, 11) is 0. The number of rotatable bonds is 5. The molecule has 6 nitrogen and oxygen atoms in total. The Balaban J connectivity index is 1.55. The average Bonchev–Trinajstić information content (AvgIpc) is 3.18. The summed E-state index contributed by atoms with van der Waals surface area (Å²) >= 11 is 0. The van der Waals surface area contributed by atoms with Gasteiger partial charge in [-0.2, -0.15) is 0 Å². The Bertz CT molecular complexity index is 1010. The first-order valence-electron chi connectivity index (χ1n) is 10.1. The van der Waals surface area contributed by atoms with Gasteiger partial charge in [0.2, 0.25) is 0 Å². The van der Waals surface area contributed by atoms with Crippen molar-refractivity contribution in [1.29, 1.82) is 0 Å². The SMILES string of the molecule is Cc1cc(-c2cn(C(O)C3(N)CCc4ccccc4C3)nn2)ccc1OC(C)C. The van der Waals surface area contributed by atoms with E-state index in [2.05, 4.69) is 22.4 Å². The minimum atomic E-state index is -0.943. The molecule has 0 bridgehead atoms. The van der Waals surface area contributed by atoms with Gasteiger partial charge in [-0.15, -0.1) is 5.10 Å². The van der Waals surface area contributed by atoms with E-state index in [1.807, 2.05) is 51.1 Å². The molecule has 1 aliphatic carbocycles. The van der Waals surface area contributed by atoms with Crippen LogP contribution in [0.25, 0.3) is 11.3 Å². The third kappa shape index (κ3) is 3.91. The lowest BCUT2D eigenvalue weighted by molar-refractivity contribution is 0.00203. The number of benzene rings is 2. The molecule has 0 saturated carbocycles. The Kier molecular flexibility index (Phi) is 5.15. The highest BCUT2D eigenvalue weighted by Gasteiger charge is 2.39. The number of aromatic nitrogens is 3. The number of aliphatic hydroxyl groups is 1. The van der Waals surface area contributed by atoms with Crippen LogP contribution in [0, 0.1) is 6.92 Å². The number of nitrogens with zero attached hydrogens (tertiary/aromatic N) is 3. The van der Waals surface area contributed by atoms with Crippen molar-refractivity contribution in [3.63, 3.8) is 0 Å². The summed E-state index contributed by atoms with van der Waals surface area (Å²) < 4.78 is 7.29. The lowest BCUT2D eigenvalue weighted by Crippen LogP contribution is -2.52. The summed E-state index contributed by atoms with van der Waals surface area (Å²) in [6.07, 6.45) is 3.10. The van der Waals surface area contributed by atoms with Crippen molar-refractivity contribution in [3.05, 3.63) is 65.4 Å². The highest BCUT2D eigenvalue weighted by atomic mass is 16.5. The minimum absolute atomic E-state index is 0.122. The Morgan fingerprint density at radius 1 is 1.17 bits per heavy atom. The third-order valence-corrected chi connectivity index (χ3v) is 5.61. The number of ether oxygens (including phenoxy) is 1. The smallest absolute Gasteiger partial charge is 0.167 e. The van der Waals surface area contributed by atoms with Crippen molar-refractivity contribution in [3.8, 4) is 17.0 Å². The molecular formula is C23H28N4O2. The number of hydrogen-bond donors (Lipinski definition) is 2. The van der Waals surface area contributed by atoms with Gasteiger partial charge in [-0.05, 0) is 74.9 Å². The van der Waals surface area contributed by atoms with Crippen molar-refractivity contribution in [1.82, 2.24) is 15.0 Å². The molecule has 29 heavy (non-hydrogen) atoms. The molecule has 6 heteroatoms. The molecule has 152 valence electrons. The van der Waals surface area contributed by atoms with Gasteiger partial charge in [0.1, 0.15) is 11.4 Å². The van der Waals surface area contributed by atoms with Crippen molar-refractivity contribution >= 4 is 0 Å². The van der Waals surface area contributed by atoms with E-state index in [1.165, 1.54) is 15.8 Å². The summed E-state index contributed by atoms with van der Waals surface area (Å²) in [6.45, 7) is 6.02. The van der Waals surface area contributed by atoms with Crippen LogP contribution in [-0.4, -0.2) is 31.7 Å². The van der Waals surface area contributed by atoms with Crippen molar-refractivity contribution in [2.45, 2.75) is 57.9 Å². The molecule has 2 unspecified atom stereocenters. The van der Waals surface area contributed by atoms with Gasteiger partial charge in [0.15, 0.2) is 6.23 Å². The summed E-state index contributed by atoms with van der Waals surface area (Å²) in [5.41, 5.74) is 11.0. The molecule has 0 fully saturated rings. The number of hydrogen-bond acceptors (Lipinski definition) is 5. The van der Waals surface area contributed by atoms with Crippen molar-refractivity contribution < 1.29 is 9.84 Å². The topological polar surface area (TPSA) is 86.2 Å². The van der Waals surface area contributed by atoms with Gasteiger partial charge in [-0.1, -0.05) is 29.5 Å². The molecule has 1 heterocycles. The molecule has 0 aliphatic heterocycles. The summed E-state index contributed by atoms with van der Waals surface area (Å²) in [5, 5.41) is 19.4. The number of fused-ring (bicyclic) bond motifs is 1. The second-order valence-corrected chi connectivity index (χ2v) is 8.28. The first-order chi connectivity index (χ1) is 13.9. The summed E-state index contributed by atoms with van der Waals surface area (Å²) in [4.78, 5) is 0. The fourth-order valence-electron chi connectivity index (χ4n) is 3.99. The number of aryl methyl sites for hydroxylation is 2. The van der Waals surface area contributed by atoms with E-state index in [9.17, 15) is 5.11 Å². The van der Waals surface area contributed by atoms with Crippen LogP contribution in [-0.2, 0) is 12.8 Å². The van der Waals surface area contributed by atoms with Crippen LogP contribution in [0.5, 0.6) is 5.75 Å². The number of aliphatic hydroxyl groups excluding tert-OH is 1. The third-order valence-electron chi connectivity index (χ3n) is 5.61. The Hall–Kier alpha value is -2.70. The fourth-order valence-corrected chi connectivity index (χ4v) is 3.99. The average molecular weight is 393 g/mol. The zero-order chi connectivity index (χ0) is 20.6. The standard InChI is InChI=1S/C23H28N4O2/c1-15(2)29-21-9-8-18(12-16(21)3)20-14-27(26-25-20)22(28)23(24)11-10-17-6-4-5-7-19(17)13-23/h4-9,12,14-15,22,28H,10-11,13,24H2,1-3H3. The quantitative estimate of drug-likeness (QED) is 0.695. The van der Waals surface area contributed by atoms with Gasteiger partial charge in [0.05, 0.1) is 17.8 Å². The monoisotopic (exact) mass is 392 g/mol. The van der Waals surface area contributed by atoms with Crippen LogP contribution in [0.3, 0.4) is 0 Å². The first-order valence-corrected chi connectivity index (χ1v) is 10.1. The fraction of sp³-hybridized carbons (Fsp3) is 0.391. The molecule has 3 N–H and O–H groups in total. The summed E-state index contributed by atoms with van der Waals surface area (Å²) in [6, 6.07) is 14.2. The van der Waals surface area contributed by atoms with Crippen LogP contribution in [0.15, 0.2) is 48.7 Å². The second-order valence-electron chi connectivity index (χ2n) is 8.28. The zero-order valence-corrected chi connectivity index (χ0v) is 17.2. The lowest BCUT2D eigenvalue weighted by atomic mass is 9.77. The van der Waals surface area contributed by atoms with E-state index >= 15 is 0 Å². The van der Waals surface area contributed by atoms with Crippen LogP contribution < -0.4 is 10.5 Å². The largest absolute Gasteiger partial charge is 0.491 e. The van der Waals surface area contributed by atoms with Gasteiger partial charge in [-0.3, -0.25) is 0 Å². The predicted octanol–water partition coefficient (Wildman–Crippen LogP) is 3.42. The van der Waals surface area contributed by atoms with Crippen LogP contribution in [0.1, 0.15) is 43.2 Å². The van der Waals surface area contributed by atoms with E-state index in [0.29, 0.717) is 18.5 Å². The molecule has 0 radical (unpaired) electrons. The first kappa shape index (κ1) is 19.6. The van der Waals surface area contributed by atoms with Crippen molar-refractivity contribution in [2.75, 3.05) is 0 Å². The van der Waals surface area contributed by atoms with Gasteiger partial charge >= 0.3 is 0 Å². The summed E-state index contributed by atoms with van der Waals surface area (Å²) in [5.74, 6) is 0.859. The van der Waals surface area contributed by atoms with Gasteiger partial charge in [-0.25, -0.2) is 4.68 Å². The normalized spacial score (nSPS) is 19.8. The van der Waals surface area contributed by atoms with E-state index in [-0.39, 0.29) is 6.10 Å². The Labute approximate surface area is 171 Å². The molecule has 2 atom stereocenters. The molecule has 4 rings (SSSR count). The van der Waals surface area contributed by atoms with Crippen LogP contribution in [0.2, 0.25) is 0 Å². The molecule has 1 aromatic heterocycles.